The van der Waals surface area contributed by atoms with Gasteiger partial charge in [-0.1, -0.05) is 42.5 Å². The van der Waals surface area contributed by atoms with Gasteiger partial charge in [0.25, 0.3) is 11.8 Å². The highest BCUT2D eigenvalue weighted by Crippen LogP contribution is 2.29. The predicted molar refractivity (Wildman–Crippen MR) is 144 cm³/mol. The van der Waals surface area contributed by atoms with E-state index in [1.807, 2.05) is 0 Å². The van der Waals surface area contributed by atoms with Gasteiger partial charge in [-0.25, -0.2) is 13.6 Å². The minimum absolute atomic E-state index is 0.0815. The first-order valence-corrected chi connectivity index (χ1v) is 13.6. The lowest BCUT2D eigenvalue weighted by atomic mass is 9.82. The molecular weight excluding hydrogens is 569 g/mol. The number of carbonyl (C=O) groups is 4. The Morgan fingerprint density at radius 1 is 0.925 bits per heavy atom. The summed E-state index contributed by atoms with van der Waals surface area (Å²) < 4.78 is 27.8. The van der Waals surface area contributed by atoms with Gasteiger partial charge in [-0.2, -0.15) is 0 Å². The average Bonchev–Trinajstić information content (AvgIpc) is 3.35. The number of amides is 4. The molecular formula is C27H28Cl2F2N4O5. The summed E-state index contributed by atoms with van der Waals surface area (Å²) in [5.41, 5.74) is -0.0575. The molecule has 214 valence electrons. The molecule has 4 amide bonds. The Morgan fingerprint density at radius 2 is 1.57 bits per heavy atom. The molecule has 2 aromatic carbocycles. The Labute approximate surface area is 239 Å². The highest BCUT2D eigenvalue weighted by Gasteiger charge is 2.44. The van der Waals surface area contributed by atoms with Crippen LogP contribution in [0, 0.1) is 17.6 Å². The summed E-state index contributed by atoms with van der Waals surface area (Å²) in [5, 5.41) is 15.3. The molecule has 2 fully saturated rings. The number of nitrogens with one attached hydrogen (secondary N) is 2. The van der Waals surface area contributed by atoms with E-state index in [4.69, 9.17) is 23.2 Å². The van der Waals surface area contributed by atoms with E-state index >= 15 is 0 Å². The SMILES string of the molecule is O=C(O)CC(NC(=O)C1N(C(=O)Nc2ccc(Cl)c(Cl)c2)CCN1C(=O)c1cc(F)cc(F)c1)C1CCCCC1. The van der Waals surface area contributed by atoms with Crippen LogP contribution in [0.2, 0.25) is 10.0 Å². The first kappa shape index (κ1) is 29.5. The van der Waals surface area contributed by atoms with Crippen molar-refractivity contribution in [2.24, 2.45) is 5.92 Å². The maximum atomic E-state index is 13.9. The molecule has 0 radical (unpaired) electrons. The number of carbonyl (C=O) groups excluding carboxylic acids is 3. The van der Waals surface area contributed by atoms with Crippen LogP contribution >= 0.6 is 23.2 Å². The van der Waals surface area contributed by atoms with Crippen molar-refractivity contribution in [3.63, 3.8) is 0 Å². The van der Waals surface area contributed by atoms with Gasteiger partial charge in [0.05, 0.1) is 16.5 Å². The minimum atomic E-state index is -1.51. The maximum absolute atomic E-state index is 13.9. The summed E-state index contributed by atoms with van der Waals surface area (Å²) in [6, 6.07) is 5.22. The molecule has 13 heteroatoms. The van der Waals surface area contributed by atoms with Gasteiger partial charge in [0.15, 0.2) is 6.17 Å². The molecule has 40 heavy (non-hydrogen) atoms. The lowest BCUT2D eigenvalue weighted by molar-refractivity contribution is -0.138. The molecule has 1 saturated carbocycles. The van der Waals surface area contributed by atoms with Gasteiger partial charge >= 0.3 is 12.0 Å². The quantitative estimate of drug-likeness (QED) is 0.409. The van der Waals surface area contributed by atoms with Crippen molar-refractivity contribution in [2.45, 2.75) is 50.7 Å². The fourth-order valence-corrected chi connectivity index (χ4v) is 5.56. The smallest absolute Gasteiger partial charge is 0.323 e. The van der Waals surface area contributed by atoms with E-state index in [9.17, 15) is 33.1 Å². The molecule has 2 unspecified atom stereocenters. The number of halogens is 4. The fraction of sp³-hybridized carbons (Fsp3) is 0.407. The van der Waals surface area contributed by atoms with E-state index in [1.54, 1.807) is 0 Å². The third kappa shape index (κ3) is 7.00. The van der Waals surface area contributed by atoms with Crippen molar-refractivity contribution in [1.29, 1.82) is 0 Å². The van der Waals surface area contributed by atoms with E-state index in [0.717, 1.165) is 54.0 Å². The van der Waals surface area contributed by atoms with Crippen LogP contribution in [-0.2, 0) is 9.59 Å². The van der Waals surface area contributed by atoms with E-state index in [1.165, 1.54) is 18.2 Å². The number of carboxylic acid groups (broad SMARTS) is 1. The predicted octanol–water partition coefficient (Wildman–Crippen LogP) is 5.13. The number of urea groups is 1. The van der Waals surface area contributed by atoms with Gasteiger partial charge in [0.2, 0.25) is 0 Å². The highest BCUT2D eigenvalue weighted by atomic mass is 35.5. The summed E-state index contributed by atoms with van der Waals surface area (Å²) >= 11 is 12.0. The third-order valence-corrected chi connectivity index (χ3v) is 7.89. The lowest BCUT2D eigenvalue weighted by Gasteiger charge is -2.34. The van der Waals surface area contributed by atoms with Crippen LogP contribution in [0.5, 0.6) is 0 Å². The molecule has 9 nitrogen and oxygen atoms in total. The van der Waals surface area contributed by atoms with Gasteiger partial charge in [0.1, 0.15) is 11.6 Å². The molecule has 1 aliphatic heterocycles. The molecule has 2 aromatic rings. The molecule has 1 heterocycles. The second kappa shape index (κ2) is 12.8. The summed E-state index contributed by atoms with van der Waals surface area (Å²) in [4.78, 5) is 54.2. The molecule has 1 saturated heterocycles. The fourth-order valence-electron chi connectivity index (χ4n) is 5.27. The van der Waals surface area contributed by atoms with Crippen molar-refractivity contribution in [1.82, 2.24) is 15.1 Å². The van der Waals surface area contributed by atoms with Crippen molar-refractivity contribution >= 4 is 52.7 Å². The standard InChI is InChI=1S/C27H28Cl2F2N4O5/c28-20-7-6-19(13-21(20)29)32-27(40)35-9-8-34(26(39)16-10-17(30)12-18(31)11-16)25(35)24(38)33-22(14-23(36)37)15-4-2-1-3-5-15/h6-7,10-13,15,22,25H,1-5,8-9,14H2,(H,32,40)(H,33,38)(H,36,37). The zero-order valence-corrected chi connectivity index (χ0v) is 22.9. The molecule has 0 spiro atoms. The minimum Gasteiger partial charge on any atom is -0.481 e. The first-order valence-electron chi connectivity index (χ1n) is 12.9. The Kier molecular flexibility index (Phi) is 9.47. The number of anilines is 1. The molecule has 2 aliphatic rings. The van der Waals surface area contributed by atoms with Crippen LogP contribution in [0.1, 0.15) is 48.9 Å². The summed E-state index contributed by atoms with van der Waals surface area (Å²) in [6.07, 6.45) is 2.43. The number of hydrogen-bond acceptors (Lipinski definition) is 4. The number of carboxylic acids is 1. The van der Waals surface area contributed by atoms with E-state index in [-0.39, 0.29) is 46.7 Å². The number of hydrogen-bond donors (Lipinski definition) is 3. The molecule has 3 N–H and O–H groups in total. The number of rotatable bonds is 7. The monoisotopic (exact) mass is 596 g/mol. The van der Waals surface area contributed by atoms with Crippen LogP contribution < -0.4 is 10.6 Å². The third-order valence-electron chi connectivity index (χ3n) is 7.15. The topological polar surface area (TPSA) is 119 Å². The van der Waals surface area contributed by atoms with Crippen molar-refractivity contribution < 1.29 is 33.1 Å². The normalized spacial score (nSPS) is 18.4. The van der Waals surface area contributed by atoms with Crippen molar-refractivity contribution in [3.05, 3.63) is 63.6 Å². The van der Waals surface area contributed by atoms with Gasteiger partial charge < -0.3 is 20.6 Å². The van der Waals surface area contributed by atoms with Crippen LogP contribution in [0.4, 0.5) is 19.3 Å². The second-order valence-corrected chi connectivity index (χ2v) is 10.7. The van der Waals surface area contributed by atoms with E-state index < -0.39 is 47.7 Å². The first-order chi connectivity index (χ1) is 19.0. The number of nitrogens with zero attached hydrogens (tertiary/aromatic N) is 2. The molecule has 0 bridgehead atoms. The molecule has 1 aliphatic carbocycles. The van der Waals surface area contributed by atoms with Crippen molar-refractivity contribution in [2.75, 3.05) is 18.4 Å². The number of benzene rings is 2. The van der Waals surface area contributed by atoms with Gasteiger partial charge in [-0.15, -0.1) is 0 Å². The summed E-state index contributed by atoms with van der Waals surface area (Å²) in [6.45, 7) is -0.196. The Hall–Kier alpha value is -3.44. The Balaban J connectivity index is 1.63. The average molecular weight is 597 g/mol. The van der Waals surface area contributed by atoms with E-state index in [2.05, 4.69) is 10.6 Å². The number of aliphatic carboxylic acids is 1. The van der Waals surface area contributed by atoms with Gasteiger partial charge in [-0.05, 0) is 49.1 Å². The van der Waals surface area contributed by atoms with E-state index in [0.29, 0.717) is 6.07 Å². The van der Waals surface area contributed by atoms with Crippen LogP contribution in [0.15, 0.2) is 36.4 Å². The zero-order chi connectivity index (χ0) is 29.0. The van der Waals surface area contributed by atoms with Crippen LogP contribution in [0.3, 0.4) is 0 Å². The summed E-state index contributed by atoms with van der Waals surface area (Å²) in [5.74, 6) is -4.78. The maximum Gasteiger partial charge on any atom is 0.323 e. The van der Waals surface area contributed by atoms with Crippen LogP contribution in [-0.4, -0.2) is 64.0 Å². The van der Waals surface area contributed by atoms with Gasteiger partial charge in [0, 0.05) is 36.4 Å². The van der Waals surface area contributed by atoms with Gasteiger partial charge in [-0.3, -0.25) is 19.3 Å². The largest absolute Gasteiger partial charge is 0.481 e. The summed E-state index contributed by atoms with van der Waals surface area (Å²) in [7, 11) is 0. The molecule has 0 aromatic heterocycles. The highest BCUT2D eigenvalue weighted by molar-refractivity contribution is 6.42. The molecule has 4 rings (SSSR count). The zero-order valence-electron chi connectivity index (χ0n) is 21.3. The lowest BCUT2D eigenvalue weighted by Crippen LogP contribution is -2.57. The second-order valence-electron chi connectivity index (χ2n) is 9.89. The van der Waals surface area contributed by atoms with Crippen LogP contribution in [0.25, 0.3) is 0 Å². The Bertz CT molecular complexity index is 1290. The Morgan fingerprint density at radius 3 is 2.20 bits per heavy atom. The van der Waals surface area contributed by atoms with Crippen molar-refractivity contribution in [3.8, 4) is 0 Å². The molecule has 2 atom stereocenters.